The van der Waals surface area contributed by atoms with Crippen LogP contribution in [0.4, 0.5) is 5.95 Å². The number of amides is 3. The average molecular weight is 369 g/mol. The van der Waals surface area contributed by atoms with Crippen molar-refractivity contribution in [1.82, 2.24) is 19.5 Å². The van der Waals surface area contributed by atoms with E-state index in [1.165, 1.54) is 11.3 Å². The van der Waals surface area contributed by atoms with E-state index in [1.807, 2.05) is 13.8 Å². The standard InChI is InChI=1S/C17H15N5O3S/c1-9-10(2)26-17-19-16(20-22(9)17)18-13(23)7-8-21-14(24)11-5-3-4-6-12(11)15(21)25/h3-6H,7-8H2,1-2H3,(H,18,20,23). The normalized spacial score (nSPS) is 13.5. The number of aromatic nitrogens is 3. The second-order valence-electron chi connectivity index (χ2n) is 5.98. The predicted molar refractivity (Wildman–Crippen MR) is 95.4 cm³/mol. The Bertz CT molecular complexity index is 1030. The maximum Gasteiger partial charge on any atom is 0.261 e. The minimum atomic E-state index is -0.370. The summed E-state index contributed by atoms with van der Waals surface area (Å²) in [5.41, 5.74) is 1.73. The highest BCUT2D eigenvalue weighted by atomic mass is 32.1. The third-order valence-corrected chi connectivity index (χ3v) is 5.39. The zero-order valence-corrected chi connectivity index (χ0v) is 15.0. The molecule has 0 saturated heterocycles. The fourth-order valence-electron chi connectivity index (χ4n) is 2.84. The van der Waals surface area contributed by atoms with E-state index >= 15 is 0 Å². The van der Waals surface area contributed by atoms with E-state index in [2.05, 4.69) is 15.4 Å². The predicted octanol–water partition coefficient (Wildman–Crippen LogP) is 2.03. The molecule has 9 heteroatoms. The first-order valence-corrected chi connectivity index (χ1v) is 8.85. The van der Waals surface area contributed by atoms with E-state index in [-0.39, 0.29) is 36.6 Å². The van der Waals surface area contributed by atoms with Gasteiger partial charge in [0, 0.05) is 17.8 Å². The van der Waals surface area contributed by atoms with Crippen LogP contribution in [0.1, 0.15) is 37.7 Å². The molecule has 3 aromatic rings. The van der Waals surface area contributed by atoms with Crippen molar-refractivity contribution < 1.29 is 14.4 Å². The van der Waals surface area contributed by atoms with Crippen LogP contribution in [0, 0.1) is 13.8 Å². The maximum absolute atomic E-state index is 12.3. The number of carbonyl (C=O) groups is 3. The molecule has 8 nitrogen and oxygen atoms in total. The maximum atomic E-state index is 12.3. The first-order chi connectivity index (χ1) is 12.5. The molecule has 0 bridgehead atoms. The summed E-state index contributed by atoms with van der Waals surface area (Å²) >= 11 is 1.49. The van der Waals surface area contributed by atoms with Crippen LogP contribution in [0.25, 0.3) is 4.96 Å². The molecule has 0 aliphatic carbocycles. The van der Waals surface area contributed by atoms with E-state index in [0.717, 1.165) is 15.5 Å². The fourth-order valence-corrected chi connectivity index (χ4v) is 3.74. The van der Waals surface area contributed by atoms with Gasteiger partial charge in [0.05, 0.1) is 16.8 Å². The summed E-state index contributed by atoms with van der Waals surface area (Å²) in [5.74, 6) is -0.879. The Morgan fingerprint density at radius 3 is 2.42 bits per heavy atom. The van der Waals surface area contributed by atoms with Crippen LogP contribution in [-0.2, 0) is 4.79 Å². The molecular weight excluding hydrogens is 354 g/mol. The Morgan fingerprint density at radius 2 is 1.81 bits per heavy atom. The number of rotatable bonds is 4. The van der Waals surface area contributed by atoms with Crippen molar-refractivity contribution in [3.63, 3.8) is 0 Å². The smallest absolute Gasteiger partial charge is 0.261 e. The van der Waals surface area contributed by atoms with Crippen molar-refractivity contribution in [3.8, 4) is 0 Å². The van der Waals surface area contributed by atoms with Crippen molar-refractivity contribution in [2.75, 3.05) is 11.9 Å². The van der Waals surface area contributed by atoms with Gasteiger partial charge in [0.2, 0.25) is 16.8 Å². The largest absolute Gasteiger partial charge is 0.293 e. The molecule has 1 aliphatic heterocycles. The van der Waals surface area contributed by atoms with E-state index in [4.69, 9.17) is 0 Å². The molecule has 26 heavy (non-hydrogen) atoms. The molecule has 3 amide bonds. The molecule has 0 radical (unpaired) electrons. The summed E-state index contributed by atoms with van der Waals surface area (Å²) in [4.78, 5) is 43.9. The molecule has 4 rings (SSSR count). The van der Waals surface area contributed by atoms with Gasteiger partial charge in [-0.2, -0.15) is 4.98 Å². The summed E-state index contributed by atoms with van der Waals surface area (Å²) < 4.78 is 1.68. The van der Waals surface area contributed by atoms with Gasteiger partial charge in [-0.15, -0.1) is 5.10 Å². The molecule has 1 N–H and O–H groups in total. The van der Waals surface area contributed by atoms with Crippen molar-refractivity contribution in [2.24, 2.45) is 0 Å². The highest BCUT2D eigenvalue weighted by Crippen LogP contribution is 2.23. The molecule has 2 aromatic heterocycles. The van der Waals surface area contributed by atoms with Crippen LogP contribution in [0.15, 0.2) is 24.3 Å². The molecule has 3 heterocycles. The first-order valence-electron chi connectivity index (χ1n) is 8.03. The number of hydrogen-bond donors (Lipinski definition) is 1. The lowest BCUT2D eigenvalue weighted by Crippen LogP contribution is -2.33. The topological polar surface area (TPSA) is 96.7 Å². The Balaban J connectivity index is 1.41. The van der Waals surface area contributed by atoms with Crippen molar-refractivity contribution in [1.29, 1.82) is 0 Å². The third-order valence-electron chi connectivity index (χ3n) is 4.34. The second-order valence-corrected chi connectivity index (χ2v) is 7.16. The number of carbonyl (C=O) groups excluding carboxylic acids is 3. The lowest BCUT2D eigenvalue weighted by molar-refractivity contribution is -0.116. The lowest BCUT2D eigenvalue weighted by Gasteiger charge is -2.12. The third kappa shape index (κ3) is 2.57. The quantitative estimate of drug-likeness (QED) is 0.710. The van der Waals surface area contributed by atoms with Gasteiger partial charge in [0.15, 0.2) is 0 Å². The number of nitrogens with one attached hydrogen (secondary N) is 1. The number of anilines is 1. The average Bonchev–Trinajstić information content (AvgIpc) is 3.20. The number of hydrogen-bond acceptors (Lipinski definition) is 6. The molecule has 132 valence electrons. The van der Waals surface area contributed by atoms with E-state index in [0.29, 0.717) is 16.1 Å². The summed E-state index contributed by atoms with van der Waals surface area (Å²) in [5, 5.41) is 6.87. The zero-order chi connectivity index (χ0) is 18.4. The lowest BCUT2D eigenvalue weighted by atomic mass is 10.1. The number of nitrogens with zero attached hydrogens (tertiary/aromatic N) is 4. The van der Waals surface area contributed by atoms with Crippen LogP contribution in [0.5, 0.6) is 0 Å². The van der Waals surface area contributed by atoms with Gasteiger partial charge in [-0.05, 0) is 26.0 Å². The van der Waals surface area contributed by atoms with Gasteiger partial charge in [-0.25, -0.2) is 4.52 Å². The van der Waals surface area contributed by atoms with Gasteiger partial charge in [-0.3, -0.25) is 24.6 Å². The Hall–Kier alpha value is -3.07. The van der Waals surface area contributed by atoms with Crippen LogP contribution in [0.3, 0.4) is 0 Å². The van der Waals surface area contributed by atoms with Crippen molar-refractivity contribution >= 4 is 40.0 Å². The van der Waals surface area contributed by atoms with Crippen LogP contribution < -0.4 is 5.32 Å². The number of aryl methyl sites for hydroxylation is 2. The summed E-state index contributed by atoms with van der Waals surface area (Å²) in [6.45, 7) is 3.93. The number of fused-ring (bicyclic) bond motifs is 2. The number of benzene rings is 1. The summed E-state index contributed by atoms with van der Waals surface area (Å²) in [7, 11) is 0. The molecule has 1 aromatic carbocycles. The van der Waals surface area contributed by atoms with Gasteiger partial charge in [0.25, 0.3) is 11.8 Å². The molecule has 1 aliphatic rings. The number of thiazole rings is 1. The Labute approximate surface area is 152 Å². The molecule has 0 unspecified atom stereocenters. The second kappa shape index (κ2) is 6.03. The molecule has 0 saturated carbocycles. The van der Waals surface area contributed by atoms with Gasteiger partial charge < -0.3 is 0 Å². The minimum Gasteiger partial charge on any atom is -0.293 e. The summed E-state index contributed by atoms with van der Waals surface area (Å²) in [6.07, 6.45) is -0.0175. The van der Waals surface area contributed by atoms with Gasteiger partial charge in [0.1, 0.15) is 0 Å². The van der Waals surface area contributed by atoms with E-state index in [1.54, 1.807) is 28.8 Å². The Kier molecular flexibility index (Phi) is 3.80. The van der Waals surface area contributed by atoms with Crippen LogP contribution >= 0.6 is 11.3 Å². The molecular formula is C17H15N5O3S. The van der Waals surface area contributed by atoms with Crippen molar-refractivity contribution in [2.45, 2.75) is 20.3 Å². The molecule has 0 spiro atoms. The van der Waals surface area contributed by atoms with Crippen LogP contribution in [-0.4, -0.2) is 43.8 Å². The molecule has 0 fully saturated rings. The number of imide groups is 1. The van der Waals surface area contributed by atoms with Gasteiger partial charge in [-0.1, -0.05) is 23.5 Å². The molecule has 0 atom stereocenters. The Morgan fingerprint density at radius 1 is 1.15 bits per heavy atom. The van der Waals surface area contributed by atoms with Gasteiger partial charge >= 0.3 is 0 Å². The summed E-state index contributed by atoms with van der Waals surface area (Å²) in [6, 6.07) is 6.64. The van der Waals surface area contributed by atoms with Crippen LogP contribution in [0.2, 0.25) is 0 Å². The zero-order valence-electron chi connectivity index (χ0n) is 14.1. The monoisotopic (exact) mass is 369 g/mol. The minimum absolute atomic E-state index is 0.0124. The highest BCUT2D eigenvalue weighted by molar-refractivity contribution is 7.17. The highest BCUT2D eigenvalue weighted by Gasteiger charge is 2.35. The first kappa shape index (κ1) is 16.4. The van der Waals surface area contributed by atoms with E-state index < -0.39 is 0 Å². The van der Waals surface area contributed by atoms with E-state index in [9.17, 15) is 14.4 Å². The fraction of sp³-hybridized carbons (Fsp3) is 0.235. The van der Waals surface area contributed by atoms with Crippen molar-refractivity contribution in [3.05, 3.63) is 46.0 Å². The SMILES string of the molecule is Cc1sc2nc(NC(=O)CCN3C(=O)c4ccccc4C3=O)nn2c1C.